The summed E-state index contributed by atoms with van der Waals surface area (Å²) in [4.78, 5) is 0. The van der Waals surface area contributed by atoms with Crippen LogP contribution in [-0.4, -0.2) is 18.7 Å². The van der Waals surface area contributed by atoms with Crippen LogP contribution in [0, 0.1) is 11.8 Å². The fourth-order valence-electron chi connectivity index (χ4n) is 0.468. The molecule has 0 aromatic rings. The summed E-state index contributed by atoms with van der Waals surface area (Å²) in [5.41, 5.74) is 0. The van der Waals surface area contributed by atoms with Gasteiger partial charge in [0.05, 0.1) is 5.75 Å². The zero-order valence-electron chi connectivity index (χ0n) is 5.79. The van der Waals surface area contributed by atoms with E-state index in [0.717, 1.165) is 0 Å². The lowest BCUT2D eigenvalue weighted by molar-refractivity contribution is 0.481. The molecule has 10 heavy (non-hydrogen) atoms. The molecule has 0 aromatic heterocycles. The lowest BCUT2D eigenvalue weighted by atomic mass is 10.3. The molecule has 0 aliphatic rings. The van der Waals surface area contributed by atoms with Gasteiger partial charge in [-0.3, -0.25) is 4.55 Å². The maximum absolute atomic E-state index is 10.1. The highest BCUT2D eigenvalue weighted by atomic mass is 32.2. The summed E-state index contributed by atoms with van der Waals surface area (Å²) < 4.78 is 28.4. The largest absolute Gasteiger partial charge is 0.286 e. The topological polar surface area (TPSA) is 54.4 Å². The van der Waals surface area contributed by atoms with Crippen molar-refractivity contribution < 1.29 is 13.0 Å². The Morgan fingerprint density at radius 3 is 2.50 bits per heavy atom. The summed E-state index contributed by atoms with van der Waals surface area (Å²) in [7, 11) is -3.77. The van der Waals surface area contributed by atoms with Crippen LogP contribution in [-0.2, 0) is 10.1 Å². The Hall–Kier alpha value is -0.530. The molecule has 0 saturated heterocycles. The van der Waals surface area contributed by atoms with Crippen LogP contribution in [0.1, 0.15) is 19.8 Å². The third kappa shape index (κ3) is 7.47. The second-order valence-corrected chi connectivity index (χ2v) is 3.39. The van der Waals surface area contributed by atoms with Gasteiger partial charge in [0, 0.05) is 6.42 Å². The quantitative estimate of drug-likeness (QED) is 0.377. The minimum atomic E-state index is -3.77. The molecule has 0 aliphatic carbocycles. The van der Waals surface area contributed by atoms with Crippen LogP contribution in [0.5, 0.6) is 0 Å². The highest BCUT2D eigenvalue weighted by Crippen LogP contribution is 1.91. The highest BCUT2D eigenvalue weighted by Gasteiger charge is 2.01. The van der Waals surface area contributed by atoms with Gasteiger partial charge in [-0.15, -0.1) is 11.8 Å². The molecule has 0 aromatic carbocycles. The number of hydrogen-bond donors (Lipinski definition) is 1. The Labute approximate surface area is 61.2 Å². The first-order valence-electron chi connectivity index (χ1n) is 2.91. The third-order valence-electron chi connectivity index (χ3n) is 0.881. The van der Waals surface area contributed by atoms with Crippen molar-refractivity contribution in [1.29, 1.82) is 0 Å². The Kier molecular flexibility index (Phi) is 4.08. The van der Waals surface area contributed by atoms with Crippen molar-refractivity contribution in [3.8, 4) is 11.8 Å². The average molecular weight is 162 g/mol. The van der Waals surface area contributed by atoms with E-state index in [2.05, 4.69) is 11.8 Å². The predicted octanol–water partition coefficient (Wildman–Crippen LogP) is 0.678. The Morgan fingerprint density at radius 2 is 2.10 bits per heavy atom. The minimum Gasteiger partial charge on any atom is -0.286 e. The number of hydrogen-bond acceptors (Lipinski definition) is 2. The van der Waals surface area contributed by atoms with Crippen LogP contribution < -0.4 is 0 Å². The van der Waals surface area contributed by atoms with Gasteiger partial charge in [-0.25, -0.2) is 0 Å². The van der Waals surface area contributed by atoms with Gasteiger partial charge in [-0.1, -0.05) is 0 Å². The summed E-state index contributed by atoms with van der Waals surface area (Å²) in [6, 6.07) is 0. The van der Waals surface area contributed by atoms with Crippen LogP contribution in [0.25, 0.3) is 0 Å². The molecule has 0 spiro atoms. The van der Waals surface area contributed by atoms with Crippen molar-refractivity contribution in [1.82, 2.24) is 0 Å². The van der Waals surface area contributed by atoms with Crippen LogP contribution in [0.4, 0.5) is 0 Å². The van der Waals surface area contributed by atoms with E-state index in [9.17, 15) is 8.42 Å². The summed E-state index contributed by atoms with van der Waals surface area (Å²) in [6.07, 6.45) is 0.927. The van der Waals surface area contributed by atoms with Crippen molar-refractivity contribution in [2.75, 3.05) is 5.75 Å². The number of rotatable bonds is 3. The Balaban J connectivity index is 3.45. The van der Waals surface area contributed by atoms with Gasteiger partial charge >= 0.3 is 0 Å². The van der Waals surface area contributed by atoms with E-state index in [1.54, 1.807) is 6.92 Å². The molecule has 0 atom stereocenters. The maximum atomic E-state index is 10.1. The molecule has 3 nitrogen and oxygen atoms in total. The molecule has 0 amide bonds. The maximum Gasteiger partial charge on any atom is 0.264 e. The predicted molar refractivity (Wildman–Crippen MR) is 39.1 cm³/mol. The monoisotopic (exact) mass is 162 g/mol. The lowest BCUT2D eigenvalue weighted by Crippen LogP contribution is -2.02. The fourth-order valence-corrected chi connectivity index (χ4v) is 0.977. The third-order valence-corrected chi connectivity index (χ3v) is 1.69. The first-order valence-corrected chi connectivity index (χ1v) is 4.52. The van der Waals surface area contributed by atoms with E-state index >= 15 is 0 Å². The first kappa shape index (κ1) is 9.47. The zero-order chi connectivity index (χ0) is 8.04. The minimum absolute atomic E-state index is 0.193. The Bertz CT molecular complexity index is 229. The summed E-state index contributed by atoms with van der Waals surface area (Å²) in [5, 5.41) is 0. The van der Waals surface area contributed by atoms with E-state index in [-0.39, 0.29) is 5.75 Å². The fraction of sp³-hybridized carbons (Fsp3) is 0.667. The molecule has 4 heteroatoms. The van der Waals surface area contributed by atoms with E-state index in [1.807, 2.05) is 0 Å². The summed E-state index contributed by atoms with van der Waals surface area (Å²) in [6.45, 7) is 1.69. The van der Waals surface area contributed by atoms with Gasteiger partial charge in [0.15, 0.2) is 0 Å². The molecule has 0 bridgehead atoms. The molecule has 0 unspecified atom stereocenters. The van der Waals surface area contributed by atoms with E-state index in [4.69, 9.17) is 4.55 Å². The molecule has 0 radical (unpaired) electrons. The first-order chi connectivity index (χ1) is 4.56. The van der Waals surface area contributed by atoms with Crippen LogP contribution >= 0.6 is 0 Å². The Morgan fingerprint density at radius 1 is 1.50 bits per heavy atom. The van der Waals surface area contributed by atoms with Gasteiger partial charge < -0.3 is 0 Å². The SMILES string of the molecule is CC#CCCCS(=O)(=O)O. The van der Waals surface area contributed by atoms with Crippen molar-refractivity contribution >= 4 is 10.1 Å². The second-order valence-electron chi connectivity index (χ2n) is 1.82. The molecule has 0 heterocycles. The molecule has 0 rings (SSSR count). The van der Waals surface area contributed by atoms with Crippen LogP contribution in [0.3, 0.4) is 0 Å². The molecule has 58 valence electrons. The van der Waals surface area contributed by atoms with Crippen molar-refractivity contribution in [3.05, 3.63) is 0 Å². The van der Waals surface area contributed by atoms with Gasteiger partial charge in [0.1, 0.15) is 0 Å². The van der Waals surface area contributed by atoms with Gasteiger partial charge in [0.25, 0.3) is 10.1 Å². The van der Waals surface area contributed by atoms with E-state index in [1.165, 1.54) is 0 Å². The van der Waals surface area contributed by atoms with Crippen molar-refractivity contribution in [2.24, 2.45) is 0 Å². The van der Waals surface area contributed by atoms with Crippen LogP contribution in [0.2, 0.25) is 0 Å². The van der Waals surface area contributed by atoms with Gasteiger partial charge in [-0.05, 0) is 13.3 Å². The van der Waals surface area contributed by atoms with Crippen molar-refractivity contribution in [2.45, 2.75) is 19.8 Å². The number of unbranched alkanes of at least 4 members (excludes halogenated alkanes) is 1. The van der Waals surface area contributed by atoms with Gasteiger partial charge in [0.2, 0.25) is 0 Å². The summed E-state index contributed by atoms with van der Waals surface area (Å²) >= 11 is 0. The molecule has 1 N–H and O–H groups in total. The smallest absolute Gasteiger partial charge is 0.264 e. The van der Waals surface area contributed by atoms with Crippen molar-refractivity contribution in [3.63, 3.8) is 0 Å². The van der Waals surface area contributed by atoms with E-state index < -0.39 is 10.1 Å². The second kappa shape index (κ2) is 4.31. The lowest BCUT2D eigenvalue weighted by Gasteiger charge is -1.90. The zero-order valence-corrected chi connectivity index (χ0v) is 6.61. The normalized spacial score (nSPS) is 10.2. The molecular formula is C6H10O3S. The molecule has 0 saturated carbocycles. The average Bonchev–Trinajstić information content (AvgIpc) is 1.78. The highest BCUT2D eigenvalue weighted by molar-refractivity contribution is 7.85. The molecule has 0 aliphatic heterocycles. The van der Waals surface area contributed by atoms with E-state index in [0.29, 0.717) is 12.8 Å². The van der Waals surface area contributed by atoms with Gasteiger partial charge in [-0.2, -0.15) is 8.42 Å². The standard InChI is InChI=1S/C6H10O3S/c1-2-3-4-5-6-10(7,8)9/h4-6H2,1H3,(H,7,8,9). The molecule has 0 fully saturated rings. The van der Waals surface area contributed by atoms with Crippen LogP contribution in [0.15, 0.2) is 0 Å². The molecular weight excluding hydrogens is 152 g/mol. The summed E-state index contributed by atoms with van der Waals surface area (Å²) in [5.74, 6) is 5.13.